The van der Waals surface area contributed by atoms with Crippen LogP contribution >= 0.6 is 0 Å². The molecule has 0 aliphatic carbocycles. The Morgan fingerprint density at radius 3 is 2.00 bits per heavy atom. The van der Waals surface area contributed by atoms with Gasteiger partial charge in [-0.2, -0.15) is 0 Å². The second-order valence-corrected chi connectivity index (χ2v) is 11.0. The summed E-state index contributed by atoms with van der Waals surface area (Å²) in [5.74, 6) is 0. The van der Waals surface area contributed by atoms with Crippen molar-refractivity contribution in [3.63, 3.8) is 0 Å². The molecule has 0 heterocycles. The molecule has 3 nitrogen and oxygen atoms in total. The number of hydrogen-bond donors (Lipinski definition) is 0. The highest BCUT2D eigenvalue weighted by molar-refractivity contribution is 6.82. The zero-order valence-corrected chi connectivity index (χ0v) is 13.9. The van der Waals surface area contributed by atoms with E-state index in [1.807, 2.05) is 6.55 Å². The van der Waals surface area contributed by atoms with Crippen molar-refractivity contribution in [3.8, 4) is 0 Å². The van der Waals surface area contributed by atoms with Crippen molar-refractivity contribution in [2.24, 2.45) is 0 Å². The largest absolute Gasteiger partial charge is 0.412 e. The predicted molar refractivity (Wildman–Crippen MR) is 81.9 cm³/mol. The first-order valence-corrected chi connectivity index (χ1v) is 11.2. The van der Waals surface area contributed by atoms with Crippen LogP contribution in [0.1, 0.15) is 13.3 Å². The normalized spacial score (nSPS) is 17.5. The summed E-state index contributed by atoms with van der Waals surface area (Å²) in [5, 5.41) is 0. The molecular weight excluding hydrogens is 260 g/mol. The van der Waals surface area contributed by atoms with E-state index in [9.17, 15) is 0 Å². The van der Waals surface area contributed by atoms with Crippen LogP contribution in [0, 0.1) is 0 Å². The van der Waals surface area contributed by atoms with Gasteiger partial charge in [-0.15, -0.1) is 19.7 Å². The fourth-order valence-electron chi connectivity index (χ4n) is 1.63. The first-order chi connectivity index (χ1) is 8.45. The van der Waals surface area contributed by atoms with Crippen molar-refractivity contribution in [1.29, 1.82) is 0 Å². The van der Waals surface area contributed by atoms with E-state index in [1.165, 1.54) is 0 Å². The minimum atomic E-state index is -2.37. The lowest BCUT2D eigenvalue weighted by atomic mass is 10.6. The summed E-state index contributed by atoms with van der Waals surface area (Å²) in [4.78, 5) is 0. The minimum Gasteiger partial charge on any atom is -0.412 e. The highest BCUT2D eigenvalue weighted by Gasteiger charge is 2.40. The lowest BCUT2D eigenvalue weighted by Crippen LogP contribution is -2.51. The summed E-state index contributed by atoms with van der Waals surface area (Å²) in [6.07, 6.45) is 4.51. The van der Waals surface area contributed by atoms with Gasteiger partial charge in [0.1, 0.15) is 0 Å². The molecule has 0 spiro atoms. The van der Waals surface area contributed by atoms with E-state index >= 15 is 0 Å². The molecule has 0 aromatic rings. The molecule has 0 aliphatic rings. The van der Waals surface area contributed by atoms with E-state index in [0.717, 1.165) is 12.5 Å². The average molecular weight is 287 g/mol. The maximum absolute atomic E-state index is 6.24. The molecule has 0 N–H and O–H groups in total. The molecule has 0 saturated heterocycles. The molecular formula is C13H26O3Si2. The van der Waals surface area contributed by atoms with Crippen LogP contribution in [0.2, 0.25) is 19.1 Å². The fraction of sp³-hybridized carbons (Fsp3) is 0.538. The molecule has 0 amide bonds. The van der Waals surface area contributed by atoms with Gasteiger partial charge >= 0.3 is 17.1 Å². The van der Waals surface area contributed by atoms with Gasteiger partial charge in [-0.05, 0) is 19.1 Å². The third-order valence-electron chi connectivity index (χ3n) is 2.49. The highest BCUT2D eigenvalue weighted by atomic mass is 28.5. The number of rotatable bonds is 11. The molecule has 0 aromatic carbocycles. The van der Waals surface area contributed by atoms with Crippen LogP contribution in [-0.2, 0) is 13.0 Å². The van der Waals surface area contributed by atoms with Crippen molar-refractivity contribution in [2.45, 2.75) is 32.5 Å². The molecule has 5 heteroatoms. The molecule has 0 saturated carbocycles. The maximum atomic E-state index is 6.24. The van der Waals surface area contributed by atoms with Crippen LogP contribution in [0.4, 0.5) is 0 Å². The second kappa shape index (κ2) is 8.60. The number of hydrogen-bond acceptors (Lipinski definition) is 3. The summed E-state index contributed by atoms with van der Waals surface area (Å²) < 4.78 is 17.9. The van der Waals surface area contributed by atoms with Gasteiger partial charge in [0.05, 0.1) is 13.2 Å². The van der Waals surface area contributed by atoms with Crippen LogP contribution in [-0.4, -0.2) is 30.3 Å². The van der Waals surface area contributed by atoms with Gasteiger partial charge in [0, 0.05) is 0 Å². The molecule has 0 aromatic heterocycles. The van der Waals surface area contributed by atoms with Crippen molar-refractivity contribution in [1.82, 2.24) is 0 Å². The van der Waals surface area contributed by atoms with E-state index in [-0.39, 0.29) is 0 Å². The molecule has 0 fully saturated rings. The highest BCUT2D eigenvalue weighted by Crippen LogP contribution is 2.22. The Balaban J connectivity index is 4.73. The average Bonchev–Trinajstić information content (AvgIpc) is 2.34. The molecule has 18 heavy (non-hydrogen) atoms. The van der Waals surface area contributed by atoms with Crippen molar-refractivity contribution < 1.29 is 13.0 Å². The van der Waals surface area contributed by atoms with Crippen molar-refractivity contribution >= 4 is 17.1 Å². The lowest BCUT2D eigenvalue weighted by molar-refractivity contribution is 0.220. The van der Waals surface area contributed by atoms with Gasteiger partial charge in [-0.3, -0.25) is 0 Å². The molecule has 0 rings (SSSR count). The fourth-order valence-corrected chi connectivity index (χ4v) is 8.36. The first kappa shape index (κ1) is 17.5. The van der Waals surface area contributed by atoms with E-state index in [2.05, 4.69) is 33.2 Å². The van der Waals surface area contributed by atoms with Gasteiger partial charge in [0.25, 0.3) is 0 Å². The van der Waals surface area contributed by atoms with E-state index in [4.69, 9.17) is 13.0 Å². The zero-order valence-electron chi connectivity index (χ0n) is 11.9. The molecule has 2 unspecified atom stereocenters. The lowest BCUT2D eigenvalue weighted by Gasteiger charge is -2.34. The smallest absolute Gasteiger partial charge is 0.352 e. The third-order valence-corrected chi connectivity index (χ3v) is 9.50. The first-order valence-electron chi connectivity index (χ1n) is 6.28. The van der Waals surface area contributed by atoms with E-state index in [0.29, 0.717) is 13.2 Å². The van der Waals surface area contributed by atoms with Crippen molar-refractivity contribution in [3.05, 3.63) is 37.6 Å². The summed E-state index contributed by atoms with van der Waals surface area (Å²) in [6.45, 7) is 18.4. The van der Waals surface area contributed by atoms with Crippen molar-refractivity contribution in [2.75, 3.05) is 13.2 Å². The van der Waals surface area contributed by atoms with Crippen LogP contribution in [0.3, 0.4) is 0 Å². The molecule has 2 atom stereocenters. The Labute approximate surface area is 114 Å². The standard InChI is InChI=1S/C13H26O3Si2/c1-7-11-14-17(5,10-4)16-18(6,13-9-3)15-12-8-2/h7-8,10H,1-2,4,9,11-13H2,3,5-6H3. The molecule has 0 aliphatic heterocycles. The minimum absolute atomic E-state index is 0.479. The van der Waals surface area contributed by atoms with Crippen LogP contribution in [0.5, 0.6) is 0 Å². The molecule has 0 radical (unpaired) electrons. The monoisotopic (exact) mass is 286 g/mol. The molecule has 104 valence electrons. The third kappa shape index (κ3) is 6.46. The SMILES string of the molecule is C=CCO[Si](C)(C=C)O[Si](C)(CCC)OCC=C. The second-order valence-electron chi connectivity index (χ2n) is 4.41. The van der Waals surface area contributed by atoms with Gasteiger partial charge in [0.15, 0.2) is 0 Å². The Bertz CT molecular complexity index is 283. The van der Waals surface area contributed by atoms with Gasteiger partial charge < -0.3 is 13.0 Å². The van der Waals surface area contributed by atoms with Crippen LogP contribution in [0.15, 0.2) is 37.6 Å². The summed E-state index contributed by atoms with van der Waals surface area (Å²) in [5.41, 5.74) is 1.80. The van der Waals surface area contributed by atoms with Gasteiger partial charge in [-0.25, -0.2) is 0 Å². The zero-order chi connectivity index (χ0) is 14.1. The van der Waals surface area contributed by atoms with Gasteiger partial charge in [-0.1, -0.05) is 31.2 Å². The molecule has 0 bridgehead atoms. The Morgan fingerprint density at radius 2 is 1.56 bits per heavy atom. The Kier molecular flexibility index (Phi) is 8.38. The quantitative estimate of drug-likeness (QED) is 0.428. The predicted octanol–water partition coefficient (Wildman–Crippen LogP) is 3.69. The topological polar surface area (TPSA) is 27.7 Å². The Hall–Kier alpha value is -0.466. The summed E-state index contributed by atoms with van der Waals surface area (Å²) >= 11 is 0. The van der Waals surface area contributed by atoms with Crippen LogP contribution in [0.25, 0.3) is 0 Å². The maximum Gasteiger partial charge on any atom is 0.352 e. The van der Waals surface area contributed by atoms with E-state index < -0.39 is 17.1 Å². The van der Waals surface area contributed by atoms with E-state index in [1.54, 1.807) is 17.9 Å². The van der Waals surface area contributed by atoms with Crippen LogP contribution < -0.4 is 0 Å². The Morgan fingerprint density at radius 1 is 1.00 bits per heavy atom. The van der Waals surface area contributed by atoms with Gasteiger partial charge in [0.2, 0.25) is 0 Å². The summed E-state index contributed by atoms with van der Waals surface area (Å²) in [6, 6.07) is 0.939. The summed E-state index contributed by atoms with van der Waals surface area (Å²) in [7, 11) is -4.59.